The van der Waals surface area contributed by atoms with Gasteiger partial charge in [0.25, 0.3) is 23.4 Å². The molecule has 1 saturated heterocycles. The highest BCUT2D eigenvalue weighted by molar-refractivity contribution is 6.36. The quantitative estimate of drug-likeness (QED) is 0.0625. The summed E-state index contributed by atoms with van der Waals surface area (Å²) in [6, 6.07) is 14.3. The molecule has 0 N–H and O–H groups in total. The number of carbonyl (C=O) groups is 5. The zero-order valence-corrected chi connectivity index (χ0v) is 23.7. The van der Waals surface area contributed by atoms with Crippen LogP contribution in [0.5, 0.6) is 5.75 Å². The predicted octanol–water partition coefficient (Wildman–Crippen LogP) is 5.31. The Kier molecular flexibility index (Phi) is 8.38. The maximum absolute atomic E-state index is 13.6. The van der Waals surface area contributed by atoms with Gasteiger partial charge >= 0.3 is 5.97 Å². The van der Waals surface area contributed by atoms with Crippen molar-refractivity contribution in [1.82, 2.24) is 10.0 Å². The highest BCUT2D eigenvalue weighted by Crippen LogP contribution is 2.36. The molecule has 11 nitrogen and oxygen atoms in total. The maximum atomic E-state index is 13.6. The highest BCUT2D eigenvalue weighted by Gasteiger charge is 2.51. The molecule has 0 saturated carbocycles. The van der Waals surface area contributed by atoms with Gasteiger partial charge in [-0.25, -0.2) is 9.80 Å². The van der Waals surface area contributed by atoms with Gasteiger partial charge in [0.05, 0.1) is 27.3 Å². The molecule has 13 heteroatoms. The minimum atomic E-state index is -0.859. The molecule has 2 aliphatic rings. The molecule has 218 valence electrons. The first kappa shape index (κ1) is 29.6. The number of amides is 3. The summed E-state index contributed by atoms with van der Waals surface area (Å²) in [5.41, 5.74) is -0.134. The van der Waals surface area contributed by atoms with Crippen molar-refractivity contribution in [3.8, 4) is 5.75 Å². The average molecular weight is 622 g/mol. The zero-order chi connectivity index (χ0) is 30.8. The van der Waals surface area contributed by atoms with Crippen molar-refractivity contribution in [1.29, 1.82) is 0 Å². The Balaban J connectivity index is 1.38. The monoisotopic (exact) mass is 621 g/mol. The summed E-state index contributed by atoms with van der Waals surface area (Å²) in [4.78, 5) is 76.5. The summed E-state index contributed by atoms with van der Waals surface area (Å²) >= 11 is 11.9. The SMILES string of the molecule is O=C(CN(C(=O)c1ccc([N+](=O)[O-])cc1)N1C(=O)[C@H]2CC=CC[C@H]2C1=O)c1ccc(OC(=O)c2ccc(Cl)cc2Cl)cc1. The molecule has 0 aromatic heterocycles. The van der Waals surface area contributed by atoms with Gasteiger partial charge in [0.15, 0.2) is 5.78 Å². The van der Waals surface area contributed by atoms with Crippen LogP contribution in [0.4, 0.5) is 5.69 Å². The lowest BCUT2D eigenvalue weighted by molar-refractivity contribution is -0.384. The number of imide groups is 1. The number of non-ortho nitro benzene ring substituents is 1. The summed E-state index contributed by atoms with van der Waals surface area (Å²) in [6.45, 7) is -0.681. The van der Waals surface area contributed by atoms with Crippen LogP contribution >= 0.6 is 23.2 Å². The van der Waals surface area contributed by atoms with Crippen molar-refractivity contribution in [3.05, 3.63) is 116 Å². The Hall–Kier alpha value is -4.87. The summed E-state index contributed by atoms with van der Waals surface area (Å²) in [5.74, 6) is -4.67. The number of nitro groups is 1. The first-order valence-corrected chi connectivity index (χ1v) is 13.7. The lowest BCUT2D eigenvalue weighted by Gasteiger charge is -2.30. The number of allylic oxidation sites excluding steroid dienone is 2. The number of nitrogens with zero attached hydrogens (tertiary/aromatic N) is 3. The van der Waals surface area contributed by atoms with Crippen LogP contribution in [0.2, 0.25) is 10.0 Å². The predicted molar refractivity (Wildman–Crippen MR) is 154 cm³/mol. The molecule has 1 aliphatic carbocycles. The molecule has 3 aromatic carbocycles. The Morgan fingerprint density at radius 2 is 1.47 bits per heavy atom. The van der Waals surface area contributed by atoms with Gasteiger partial charge in [-0.1, -0.05) is 35.4 Å². The molecular formula is C30H21Cl2N3O8. The fraction of sp³-hybridized carbons (Fsp3) is 0.167. The second-order valence-electron chi connectivity index (χ2n) is 9.77. The van der Waals surface area contributed by atoms with Crippen molar-refractivity contribution < 1.29 is 33.6 Å². The summed E-state index contributed by atoms with van der Waals surface area (Å²) in [5, 5.41) is 13.0. The number of esters is 1. The minimum Gasteiger partial charge on any atom is -0.423 e. The van der Waals surface area contributed by atoms with Gasteiger partial charge in [-0.15, -0.1) is 0 Å². The third-order valence-corrected chi connectivity index (χ3v) is 7.66. The van der Waals surface area contributed by atoms with Crippen molar-refractivity contribution in [2.75, 3.05) is 6.54 Å². The normalized spacial score (nSPS) is 17.4. The van der Waals surface area contributed by atoms with Crippen molar-refractivity contribution >= 4 is 58.4 Å². The Morgan fingerprint density at radius 3 is 2.02 bits per heavy atom. The standard InChI is InChI=1S/C30H21Cl2N3O8/c31-19-9-14-24(25(32)15-19)30(40)43-21-12-7-17(8-13-21)26(36)16-33(27(37)18-5-10-20(11-6-18)35(41)42)34-28(38)22-3-1-2-4-23(22)29(34)39/h1-2,5-15,22-23H,3-4,16H2/t22-,23+. The highest BCUT2D eigenvalue weighted by atomic mass is 35.5. The van der Waals surface area contributed by atoms with E-state index >= 15 is 0 Å². The molecule has 43 heavy (non-hydrogen) atoms. The van der Waals surface area contributed by atoms with E-state index in [1.165, 1.54) is 54.6 Å². The van der Waals surface area contributed by atoms with Gasteiger partial charge in [-0.05, 0) is 67.4 Å². The Bertz CT molecular complexity index is 1660. The smallest absolute Gasteiger partial charge is 0.345 e. The molecule has 5 rings (SSSR count). The van der Waals surface area contributed by atoms with E-state index in [-0.39, 0.29) is 33.1 Å². The van der Waals surface area contributed by atoms with Gasteiger partial charge in [0.2, 0.25) is 0 Å². The molecule has 0 bridgehead atoms. The van der Waals surface area contributed by atoms with E-state index < -0.39 is 52.8 Å². The van der Waals surface area contributed by atoms with Gasteiger partial charge in [-0.2, -0.15) is 5.01 Å². The third-order valence-electron chi connectivity index (χ3n) is 7.12. The van der Waals surface area contributed by atoms with Crippen molar-refractivity contribution in [2.45, 2.75) is 12.8 Å². The fourth-order valence-corrected chi connectivity index (χ4v) is 5.37. The molecular weight excluding hydrogens is 601 g/mol. The molecule has 0 unspecified atom stereocenters. The van der Waals surface area contributed by atoms with E-state index in [0.29, 0.717) is 17.9 Å². The van der Waals surface area contributed by atoms with Gasteiger partial charge in [-0.3, -0.25) is 29.3 Å². The lowest BCUT2D eigenvalue weighted by Crippen LogP contribution is -2.52. The van der Waals surface area contributed by atoms with E-state index in [2.05, 4.69) is 0 Å². The van der Waals surface area contributed by atoms with Crippen LogP contribution in [0.25, 0.3) is 0 Å². The van der Waals surface area contributed by atoms with Gasteiger partial charge < -0.3 is 4.74 Å². The van der Waals surface area contributed by atoms with Crippen molar-refractivity contribution in [2.24, 2.45) is 11.8 Å². The number of carbonyl (C=O) groups excluding carboxylic acids is 5. The number of hydrogen-bond acceptors (Lipinski definition) is 8. The molecule has 0 radical (unpaired) electrons. The number of hydrogen-bond donors (Lipinski definition) is 0. The molecule has 1 aliphatic heterocycles. The van der Waals surface area contributed by atoms with Gasteiger partial charge in [0, 0.05) is 28.3 Å². The van der Waals surface area contributed by atoms with E-state index in [1.54, 1.807) is 12.2 Å². The summed E-state index contributed by atoms with van der Waals surface area (Å²) < 4.78 is 5.33. The van der Waals surface area contributed by atoms with Crippen LogP contribution in [-0.4, -0.2) is 51.0 Å². The van der Waals surface area contributed by atoms with Gasteiger partial charge in [0.1, 0.15) is 12.3 Å². The average Bonchev–Trinajstić information content (AvgIpc) is 3.25. The number of fused-ring (bicyclic) bond motifs is 1. The fourth-order valence-electron chi connectivity index (χ4n) is 4.88. The summed E-state index contributed by atoms with van der Waals surface area (Å²) in [6.07, 6.45) is 4.22. The number of halogens is 2. The molecule has 2 atom stereocenters. The number of benzene rings is 3. The van der Waals surface area contributed by atoms with Crippen LogP contribution in [0.15, 0.2) is 78.9 Å². The summed E-state index contributed by atoms with van der Waals surface area (Å²) in [7, 11) is 0. The second-order valence-corrected chi connectivity index (χ2v) is 10.6. The minimum absolute atomic E-state index is 0.0601. The maximum Gasteiger partial charge on any atom is 0.345 e. The molecule has 0 spiro atoms. The van der Waals surface area contributed by atoms with E-state index in [1.807, 2.05) is 0 Å². The first-order chi connectivity index (χ1) is 20.5. The van der Waals surface area contributed by atoms with Crippen LogP contribution in [0, 0.1) is 22.0 Å². The first-order valence-electron chi connectivity index (χ1n) is 12.9. The Labute approximate surface area is 254 Å². The third kappa shape index (κ3) is 6.04. The van der Waals surface area contributed by atoms with Crippen LogP contribution < -0.4 is 4.74 Å². The van der Waals surface area contributed by atoms with Crippen LogP contribution in [0.1, 0.15) is 43.9 Å². The number of hydrazine groups is 1. The number of Topliss-reactive ketones (excluding diaryl/α,β-unsaturated/α-hetero) is 1. The van der Waals surface area contributed by atoms with Crippen LogP contribution in [0.3, 0.4) is 0 Å². The molecule has 1 heterocycles. The number of ether oxygens (including phenoxy) is 1. The van der Waals surface area contributed by atoms with E-state index in [9.17, 15) is 34.1 Å². The lowest BCUT2D eigenvalue weighted by atomic mass is 9.85. The van der Waals surface area contributed by atoms with E-state index in [0.717, 1.165) is 22.2 Å². The van der Waals surface area contributed by atoms with E-state index in [4.69, 9.17) is 27.9 Å². The molecule has 3 aromatic rings. The largest absolute Gasteiger partial charge is 0.423 e. The molecule has 1 fully saturated rings. The number of rotatable bonds is 8. The number of nitro benzene ring substituents is 1. The Morgan fingerprint density at radius 1 is 0.884 bits per heavy atom. The topological polar surface area (TPSA) is 144 Å². The number of ketones is 1. The second kappa shape index (κ2) is 12.2. The van der Waals surface area contributed by atoms with Crippen LogP contribution in [-0.2, 0) is 9.59 Å². The van der Waals surface area contributed by atoms with Crippen molar-refractivity contribution in [3.63, 3.8) is 0 Å². The molecule has 3 amide bonds. The zero-order valence-electron chi connectivity index (χ0n) is 22.1.